The molecule has 0 saturated heterocycles. The Bertz CT molecular complexity index is 1140. The van der Waals surface area contributed by atoms with Crippen LogP contribution in [-0.4, -0.2) is 39.5 Å². The molecule has 10 nitrogen and oxygen atoms in total. The Morgan fingerprint density at radius 2 is 2.15 bits per heavy atom. The van der Waals surface area contributed by atoms with E-state index in [0.29, 0.717) is 17.8 Å². The molecule has 13 heteroatoms. The van der Waals surface area contributed by atoms with Crippen molar-refractivity contribution < 1.29 is 31.9 Å². The number of aromatic nitrogens is 3. The van der Waals surface area contributed by atoms with E-state index in [2.05, 4.69) is 25.3 Å². The number of benzene rings is 1. The Labute approximate surface area is 184 Å². The van der Waals surface area contributed by atoms with E-state index in [-0.39, 0.29) is 23.7 Å². The normalized spacial score (nSPS) is 17.6. The number of nitrogens with one attached hydrogen (secondary N) is 1. The first-order chi connectivity index (χ1) is 15.9. The molecule has 1 fully saturated rings. The number of aliphatic imine (C=N–C) groups is 1. The van der Waals surface area contributed by atoms with Gasteiger partial charge in [-0.2, -0.15) is 13.8 Å². The van der Waals surface area contributed by atoms with E-state index < -0.39 is 36.3 Å². The number of hydrogen-bond donors (Lipinski definition) is 2. The number of nitrogens with two attached hydrogens (primary N) is 1. The molecule has 172 valence electrons. The van der Waals surface area contributed by atoms with Gasteiger partial charge < -0.3 is 24.9 Å². The third-order valence-electron chi connectivity index (χ3n) is 4.59. The summed E-state index contributed by atoms with van der Waals surface area (Å²) < 4.78 is 54.0. The van der Waals surface area contributed by atoms with Crippen LogP contribution in [0.4, 0.5) is 18.9 Å². The third-order valence-corrected chi connectivity index (χ3v) is 4.59. The Morgan fingerprint density at radius 1 is 1.30 bits per heavy atom. The van der Waals surface area contributed by atoms with Crippen LogP contribution < -0.4 is 15.8 Å². The molecule has 0 radical (unpaired) electrons. The van der Waals surface area contributed by atoms with E-state index in [1.165, 1.54) is 43.2 Å². The summed E-state index contributed by atoms with van der Waals surface area (Å²) >= 11 is 0. The summed E-state index contributed by atoms with van der Waals surface area (Å²) in [5, 5.41) is 2.60. The van der Waals surface area contributed by atoms with Gasteiger partial charge in [-0.05, 0) is 30.2 Å². The number of hydrogen-bond acceptors (Lipinski definition) is 8. The predicted octanol–water partition coefficient (Wildman–Crippen LogP) is 2.84. The Balaban J connectivity index is 1.36. The maximum Gasteiger partial charge on any atom is 0.336 e. The van der Waals surface area contributed by atoms with Gasteiger partial charge in [0.15, 0.2) is 6.39 Å². The molecule has 1 saturated carbocycles. The van der Waals surface area contributed by atoms with E-state index in [1.54, 1.807) is 0 Å². The zero-order valence-electron chi connectivity index (χ0n) is 16.8. The average Bonchev–Trinajstić information content (AvgIpc) is 3.32. The monoisotopic (exact) mass is 462 g/mol. The zero-order chi connectivity index (χ0) is 23.4. The van der Waals surface area contributed by atoms with E-state index in [9.17, 15) is 18.0 Å². The average molecular weight is 462 g/mol. The van der Waals surface area contributed by atoms with Crippen LogP contribution in [0.1, 0.15) is 34.1 Å². The van der Waals surface area contributed by atoms with Gasteiger partial charge in [0.2, 0.25) is 5.88 Å². The van der Waals surface area contributed by atoms with Gasteiger partial charge in [-0.25, -0.2) is 19.3 Å². The van der Waals surface area contributed by atoms with Crippen LogP contribution in [0.2, 0.25) is 0 Å². The summed E-state index contributed by atoms with van der Waals surface area (Å²) in [6.07, 6.45) is 5.00. The fourth-order valence-corrected chi connectivity index (χ4v) is 2.98. The molecule has 0 spiro atoms. The molecule has 0 unspecified atom stereocenters. The molecule has 2 aromatic heterocycles. The van der Waals surface area contributed by atoms with Crippen LogP contribution in [0.25, 0.3) is 0 Å². The first-order valence-corrected chi connectivity index (χ1v) is 9.60. The summed E-state index contributed by atoms with van der Waals surface area (Å²) in [6.45, 7) is -2.87. The molecule has 1 aliphatic carbocycles. The van der Waals surface area contributed by atoms with Gasteiger partial charge in [0.25, 0.3) is 11.9 Å². The second-order valence-electron chi connectivity index (χ2n) is 6.94. The topological polar surface area (TPSA) is 138 Å². The molecule has 3 N–H and O–H groups in total. The minimum Gasteiger partial charge on any atom is -0.470 e. The van der Waals surface area contributed by atoms with Crippen molar-refractivity contribution in [3.8, 4) is 5.88 Å². The second kappa shape index (κ2) is 9.54. The standard InChI is InChI=1S/C20H17F3N6O4/c21-14-2-1-10(3-12(14)13-4-16(13)33-20(24)29-19(22)23)28-18(30)15-5-26-17(6-25-15)32-8-11-7-31-9-27-11/h1-3,5-7,9,13,16,19H,4,8H2,(H2,24,29)(H,28,30)/t13-,16-/m1/s1. The van der Waals surface area contributed by atoms with Crippen LogP contribution in [-0.2, 0) is 11.3 Å². The molecular weight excluding hydrogens is 445 g/mol. The molecule has 2 atom stereocenters. The van der Waals surface area contributed by atoms with Crippen molar-refractivity contribution in [3.05, 3.63) is 66.0 Å². The van der Waals surface area contributed by atoms with Crippen molar-refractivity contribution in [3.63, 3.8) is 0 Å². The maximum absolute atomic E-state index is 14.3. The lowest BCUT2D eigenvalue weighted by atomic mass is 10.1. The van der Waals surface area contributed by atoms with Crippen LogP contribution in [0.15, 0.2) is 52.7 Å². The quantitative estimate of drug-likeness (QED) is 0.296. The molecule has 1 aliphatic rings. The molecule has 0 aliphatic heterocycles. The van der Waals surface area contributed by atoms with Crippen LogP contribution in [0.5, 0.6) is 5.88 Å². The molecule has 4 rings (SSSR count). The third kappa shape index (κ3) is 5.75. The van der Waals surface area contributed by atoms with E-state index in [4.69, 9.17) is 19.6 Å². The van der Waals surface area contributed by atoms with Crippen LogP contribution in [0.3, 0.4) is 0 Å². The lowest BCUT2D eigenvalue weighted by Gasteiger charge is -2.09. The summed E-state index contributed by atoms with van der Waals surface area (Å²) in [4.78, 5) is 27.2. The number of ether oxygens (including phenoxy) is 2. The van der Waals surface area contributed by atoms with Crippen molar-refractivity contribution in [1.82, 2.24) is 15.0 Å². The number of carbonyl (C=O) groups excluding carboxylic acids is 1. The number of anilines is 1. The van der Waals surface area contributed by atoms with Gasteiger partial charge in [-0.15, -0.1) is 0 Å². The number of amides is 1. The maximum atomic E-state index is 14.3. The van der Waals surface area contributed by atoms with Gasteiger partial charge in [0.05, 0.1) is 12.4 Å². The van der Waals surface area contributed by atoms with Gasteiger partial charge in [0, 0.05) is 11.6 Å². The molecular formula is C20H17F3N6O4. The van der Waals surface area contributed by atoms with Gasteiger partial charge in [0.1, 0.15) is 36.2 Å². The lowest BCUT2D eigenvalue weighted by molar-refractivity contribution is 0.102. The van der Waals surface area contributed by atoms with Crippen molar-refractivity contribution in [1.29, 1.82) is 0 Å². The first kappa shape index (κ1) is 22.0. The minimum atomic E-state index is -2.99. The fraction of sp³-hybridized carbons (Fsp3) is 0.250. The number of rotatable bonds is 8. The molecule has 0 bridgehead atoms. The molecule has 33 heavy (non-hydrogen) atoms. The highest BCUT2D eigenvalue weighted by molar-refractivity contribution is 6.02. The van der Waals surface area contributed by atoms with Crippen molar-refractivity contribution in [2.24, 2.45) is 10.7 Å². The van der Waals surface area contributed by atoms with Crippen LogP contribution >= 0.6 is 0 Å². The number of alkyl halides is 2. The molecule has 1 amide bonds. The summed E-state index contributed by atoms with van der Waals surface area (Å²) in [5.41, 5.74) is 6.42. The molecule has 3 aromatic rings. The summed E-state index contributed by atoms with van der Waals surface area (Å²) in [7, 11) is 0. The molecule has 1 aromatic carbocycles. The number of amidine groups is 1. The number of nitrogens with zero attached hydrogens (tertiary/aromatic N) is 4. The van der Waals surface area contributed by atoms with Gasteiger partial charge >= 0.3 is 6.55 Å². The molecule has 2 heterocycles. The zero-order valence-corrected chi connectivity index (χ0v) is 16.8. The Morgan fingerprint density at radius 3 is 2.85 bits per heavy atom. The van der Waals surface area contributed by atoms with Gasteiger partial charge in [-0.3, -0.25) is 4.79 Å². The number of halogens is 3. The minimum absolute atomic E-state index is 0.0123. The highest BCUT2D eigenvalue weighted by Gasteiger charge is 2.43. The smallest absolute Gasteiger partial charge is 0.336 e. The van der Waals surface area contributed by atoms with E-state index in [0.717, 1.165) is 0 Å². The van der Waals surface area contributed by atoms with Crippen molar-refractivity contribution in [2.45, 2.75) is 31.6 Å². The summed E-state index contributed by atoms with van der Waals surface area (Å²) in [6, 6.07) is 3.34. The van der Waals surface area contributed by atoms with E-state index in [1.807, 2.05) is 0 Å². The SMILES string of the molecule is N/C(=N/C(F)F)O[C@@H]1C[C@@H]1c1cc(NC(=O)c2cnc(OCc3cocn3)cn2)ccc1F. The van der Waals surface area contributed by atoms with Crippen molar-refractivity contribution in [2.75, 3.05) is 5.32 Å². The Kier molecular flexibility index (Phi) is 6.38. The van der Waals surface area contributed by atoms with Crippen molar-refractivity contribution >= 4 is 17.6 Å². The summed E-state index contributed by atoms with van der Waals surface area (Å²) in [5.74, 6) is -1.32. The highest BCUT2D eigenvalue weighted by atomic mass is 19.3. The number of carbonyl (C=O) groups is 1. The first-order valence-electron chi connectivity index (χ1n) is 9.60. The largest absolute Gasteiger partial charge is 0.470 e. The number of oxazole rings is 1. The van der Waals surface area contributed by atoms with E-state index >= 15 is 0 Å². The fourth-order valence-electron chi connectivity index (χ4n) is 2.98. The van der Waals surface area contributed by atoms with Gasteiger partial charge in [-0.1, -0.05) is 0 Å². The predicted molar refractivity (Wildman–Crippen MR) is 107 cm³/mol. The van der Waals surface area contributed by atoms with Crippen LogP contribution in [0, 0.1) is 5.82 Å². The highest BCUT2D eigenvalue weighted by Crippen LogP contribution is 2.45. The lowest BCUT2D eigenvalue weighted by Crippen LogP contribution is -2.19. The second-order valence-corrected chi connectivity index (χ2v) is 6.94. The Hall–Kier alpha value is -4.16.